The van der Waals surface area contributed by atoms with Crippen LogP contribution < -0.4 is 11.5 Å². The van der Waals surface area contributed by atoms with Gasteiger partial charge in [-0.1, -0.05) is 38.4 Å². The second-order valence-corrected chi connectivity index (χ2v) is 4.59. The minimum atomic E-state index is 0.141. The SMILES string of the molecule is CC1(C(N)=CC(N)=S)CCCCC1. The third-order valence-electron chi connectivity index (χ3n) is 2.95. The molecule has 0 aromatic heterocycles. The van der Waals surface area contributed by atoms with Crippen LogP contribution in [0.25, 0.3) is 0 Å². The maximum absolute atomic E-state index is 5.98. The molecule has 4 N–H and O–H groups in total. The number of hydrogen-bond donors (Lipinski definition) is 2. The quantitative estimate of drug-likeness (QED) is 0.527. The number of thiocarbonyl (C=S) groups is 1. The topological polar surface area (TPSA) is 52.0 Å². The van der Waals surface area contributed by atoms with E-state index in [1.54, 1.807) is 6.08 Å². The zero-order chi connectivity index (χ0) is 9.90. The van der Waals surface area contributed by atoms with Crippen molar-refractivity contribution in [3.8, 4) is 0 Å². The van der Waals surface area contributed by atoms with E-state index in [4.69, 9.17) is 23.7 Å². The van der Waals surface area contributed by atoms with Crippen LogP contribution in [0.3, 0.4) is 0 Å². The van der Waals surface area contributed by atoms with Crippen LogP contribution in [0.5, 0.6) is 0 Å². The third-order valence-corrected chi connectivity index (χ3v) is 3.07. The minimum absolute atomic E-state index is 0.141. The highest BCUT2D eigenvalue weighted by Gasteiger charge is 2.29. The minimum Gasteiger partial charge on any atom is -0.402 e. The molecular weight excluding hydrogens is 180 g/mol. The van der Waals surface area contributed by atoms with Crippen LogP contribution >= 0.6 is 12.2 Å². The molecule has 0 spiro atoms. The Bertz CT molecular complexity index is 227. The fourth-order valence-electron chi connectivity index (χ4n) is 1.95. The third kappa shape index (κ3) is 2.69. The van der Waals surface area contributed by atoms with E-state index >= 15 is 0 Å². The van der Waals surface area contributed by atoms with Gasteiger partial charge in [-0.2, -0.15) is 0 Å². The standard InChI is InChI=1S/C10H18N2S/c1-10(5-3-2-4-6-10)8(11)7-9(12)13/h7H,2-6,11H2,1H3,(H2,12,13). The first-order chi connectivity index (χ1) is 6.04. The van der Waals surface area contributed by atoms with Gasteiger partial charge in [0.15, 0.2) is 0 Å². The molecule has 1 aliphatic rings. The molecule has 0 atom stereocenters. The highest BCUT2D eigenvalue weighted by atomic mass is 32.1. The summed E-state index contributed by atoms with van der Waals surface area (Å²) in [5.41, 5.74) is 12.4. The van der Waals surface area contributed by atoms with Gasteiger partial charge in [-0.3, -0.25) is 0 Å². The van der Waals surface area contributed by atoms with Gasteiger partial charge in [0.25, 0.3) is 0 Å². The van der Waals surface area contributed by atoms with Gasteiger partial charge in [0.1, 0.15) is 0 Å². The van der Waals surface area contributed by atoms with E-state index in [1.165, 1.54) is 19.3 Å². The molecule has 0 bridgehead atoms. The second-order valence-electron chi connectivity index (χ2n) is 4.12. The monoisotopic (exact) mass is 198 g/mol. The van der Waals surface area contributed by atoms with Crippen LogP contribution in [0, 0.1) is 5.41 Å². The van der Waals surface area contributed by atoms with Crippen molar-refractivity contribution < 1.29 is 0 Å². The Morgan fingerprint density at radius 2 is 1.77 bits per heavy atom. The van der Waals surface area contributed by atoms with Crippen molar-refractivity contribution >= 4 is 17.2 Å². The van der Waals surface area contributed by atoms with Gasteiger partial charge in [-0.25, -0.2) is 0 Å². The summed E-state index contributed by atoms with van der Waals surface area (Å²) < 4.78 is 0. The summed E-state index contributed by atoms with van der Waals surface area (Å²) in [6, 6.07) is 0. The van der Waals surface area contributed by atoms with Crippen molar-refractivity contribution in [3.63, 3.8) is 0 Å². The molecule has 1 saturated carbocycles. The van der Waals surface area contributed by atoms with Crippen molar-refractivity contribution in [2.75, 3.05) is 0 Å². The molecule has 3 heteroatoms. The molecule has 0 saturated heterocycles. The van der Waals surface area contributed by atoms with Crippen LogP contribution in [0.4, 0.5) is 0 Å². The Morgan fingerprint density at radius 1 is 1.23 bits per heavy atom. The Hall–Kier alpha value is -0.570. The fraction of sp³-hybridized carbons (Fsp3) is 0.700. The summed E-state index contributed by atoms with van der Waals surface area (Å²) >= 11 is 4.81. The largest absolute Gasteiger partial charge is 0.402 e. The van der Waals surface area contributed by atoms with Gasteiger partial charge in [0.2, 0.25) is 0 Å². The smallest absolute Gasteiger partial charge is 0.0979 e. The summed E-state index contributed by atoms with van der Waals surface area (Å²) in [6.07, 6.45) is 7.93. The summed E-state index contributed by atoms with van der Waals surface area (Å²) in [5.74, 6) is 0. The fourth-order valence-corrected chi connectivity index (χ4v) is 2.08. The molecule has 0 aliphatic heterocycles. The first-order valence-electron chi connectivity index (χ1n) is 4.82. The normalized spacial score (nSPS) is 22.7. The lowest BCUT2D eigenvalue weighted by molar-refractivity contribution is 0.265. The lowest BCUT2D eigenvalue weighted by Gasteiger charge is -2.34. The van der Waals surface area contributed by atoms with Crippen LogP contribution in [-0.2, 0) is 0 Å². The molecule has 0 heterocycles. The van der Waals surface area contributed by atoms with Crippen molar-refractivity contribution in [2.45, 2.75) is 39.0 Å². The second kappa shape index (κ2) is 4.09. The Morgan fingerprint density at radius 3 is 2.23 bits per heavy atom. The van der Waals surface area contributed by atoms with Crippen molar-refractivity contribution in [1.29, 1.82) is 0 Å². The van der Waals surface area contributed by atoms with Gasteiger partial charge in [0, 0.05) is 11.1 Å². The predicted octanol–water partition coefficient (Wildman–Crippen LogP) is 2.09. The van der Waals surface area contributed by atoms with Crippen molar-refractivity contribution in [3.05, 3.63) is 11.8 Å². The van der Waals surface area contributed by atoms with E-state index in [0.717, 1.165) is 18.5 Å². The van der Waals surface area contributed by atoms with Crippen LogP contribution in [0.1, 0.15) is 39.0 Å². The molecule has 1 aliphatic carbocycles. The first kappa shape index (κ1) is 10.5. The maximum atomic E-state index is 5.98. The van der Waals surface area contributed by atoms with Crippen molar-refractivity contribution in [2.24, 2.45) is 16.9 Å². The highest BCUT2D eigenvalue weighted by molar-refractivity contribution is 7.80. The van der Waals surface area contributed by atoms with Crippen LogP contribution in [-0.4, -0.2) is 4.99 Å². The van der Waals surface area contributed by atoms with E-state index in [1.807, 2.05) is 0 Å². The predicted molar refractivity (Wildman–Crippen MR) is 60.2 cm³/mol. The number of rotatable bonds is 2. The van der Waals surface area contributed by atoms with E-state index in [9.17, 15) is 0 Å². The lowest BCUT2D eigenvalue weighted by Crippen LogP contribution is -2.28. The number of nitrogens with two attached hydrogens (primary N) is 2. The lowest BCUT2D eigenvalue weighted by atomic mass is 9.73. The molecule has 1 rings (SSSR count). The molecule has 13 heavy (non-hydrogen) atoms. The average Bonchev–Trinajstić information content (AvgIpc) is 2.04. The van der Waals surface area contributed by atoms with Gasteiger partial charge in [-0.05, 0) is 18.9 Å². The summed E-state index contributed by atoms with van der Waals surface area (Å²) in [7, 11) is 0. The highest BCUT2D eigenvalue weighted by Crippen LogP contribution is 2.39. The first-order valence-corrected chi connectivity index (χ1v) is 5.22. The Kier molecular flexibility index (Phi) is 3.31. The Labute approximate surface area is 85.4 Å². The molecule has 0 amide bonds. The van der Waals surface area contributed by atoms with Gasteiger partial charge < -0.3 is 11.5 Å². The molecule has 2 nitrogen and oxygen atoms in total. The zero-order valence-electron chi connectivity index (χ0n) is 8.18. The van der Waals surface area contributed by atoms with Crippen LogP contribution in [0.2, 0.25) is 0 Å². The molecule has 0 aromatic carbocycles. The molecular formula is C10H18N2S. The molecule has 0 unspecified atom stereocenters. The molecule has 0 aromatic rings. The van der Waals surface area contributed by atoms with E-state index in [0.29, 0.717) is 4.99 Å². The molecule has 1 fully saturated rings. The summed E-state index contributed by atoms with van der Waals surface area (Å²) in [5, 5.41) is 0. The summed E-state index contributed by atoms with van der Waals surface area (Å²) in [6.45, 7) is 2.20. The summed E-state index contributed by atoms with van der Waals surface area (Å²) in [4.78, 5) is 0.393. The molecule has 0 radical (unpaired) electrons. The van der Waals surface area contributed by atoms with E-state index in [-0.39, 0.29) is 5.41 Å². The van der Waals surface area contributed by atoms with Gasteiger partial charge >= 0.3 is 0 Å². The number of hydrogen-bond acceptors (Lipinski definition) is 2. The molecule has 74 valence electrons. The van der Waals surface area contributed by atoms with Crippen molar-refractivity contribution in [1.82, 2.24) is 0 Å². The number of allylic oxidation sites excluding steroid dienone is 1. The van der Waals surface area contributed by atoms with E-state index in [2.05, 4.69) is 6.92 Å². The van der Waals surface area contributed by atoms with Crippen LogP contribution in [0.15, 0.2) is 11.8 Å². The van der Waals surface area contributed by atoms with Gasteiger partial charge in [-0.15, -0.1) is 0 Å². The maximum Gasteiger partial charge on any atom is 0.0979 e. The Balaban J connectivity index is 2.72. The average molecular weight is 198 g/mol. The zero-order valence-corrected chi connectivity index (χ0v) is 8.99. The van der Waals surface area contributed by atoms with E-state index < -0.39 is 0 Å². The van der Waals surface area contributed by atoms with Gasteiger partial charge in [0.05, 0.1) is 4.99 Å².